The number of carbonyl (C=O) groups excluding carboxylic acids is 1. The molecule has 26 heavy (non-hydrogen) atoms. The maximum Gasteiger partial charge on any atom is 0.282 e. The molecule has 6 nitrogen and oxygen atoms in total. The van der Waals surface area contributed by atoms with Gasteiger partial charge in [-0.15, -0.1) is 0 Å². The van der Waals surface area contributed by atoms with Crippen LogP contribution in [0, 0.1) is 23.2 Å². The molecule has 4 aliphatic carbocycles. The van der Waals surface area contributed by atoms with E-state index in [9.17, 15) is 13.2 Å². The zero-order valence-electron chi connectivity index (χ0n) is 16.2. The summed E-state index contributed by atoms with van der Waals surface area (Å²) in [7, 11) is -3.39. The molecule has 0 aromatic carbocycles. The fourth-order valence-corrected chi connectivity index (χ4v) is 8.15. The molecular weight excluding hydrogens is 350 g/mol. The van der Waals surface area contributed by atoms with Gasteiger partial charge in [0, 0.05) is 39.3 Å². The summed E-state index contributed by atoms with van der Waals surface area (Å²) < 4.78 is 28.5. The van der Waals surface area contributed by atoms with Gasteiger partial charge in [-0.2, -0.15) is 17.0 Å². The quantitative estimate of drug-likeness (QED) is 0.729. The van der Waals surface area contributed by atoms with Crippen molar-refractivity contribution in [2.75, 3.05) is 39.3 Å². The van der Waals surface area contributed by atoms with Crippen LogP contribution < -0.4 is 0 Å². The Morgan fingerprint density at radius 1 is 0.923 bits per heavy atom. The Balaban J connectivity index is 1.42. The lowest BCUT2D eigenvalue weighted by atomic mass is 9.49. The summed E-state index contributed by atoms with van der Waals surface area (Å²) in [6.07, 6.45) is 7.24. The largest absolute Gasteiger partial charge is 0.340 e. The van der Waals surface area contributed by atoms with Crippen molar-refractivity contribution in [3.63, 3.8) is 0 Å². The highest BCUT2D eigenvalue weighted by atomic mass is 32.2. The van der Waals surface area contributed by atoms with Crippen LogP contribution in [-0.2, 0) is 15.0 Å². The lowest BCUT2D eigenvalue weighted by molar-refractivity contribution is -0.158. The summed E-state index contributed by atoms with van der Waals surface area (Å²) in [5.74, 6) is 2.61. The summed E-state index contributed by atoms with van der Waals surface area (Å²) in [6, 6.07) is 0. The highest BCUT2D eigenvalue weighted by Crippen LogP contribution is 2.60. The monoisotopic (exact) mass is 383 g/mol. The molecule has 7 heteroatoms. The van der Waals surface area contributed by atoms with Crippen LogP contribution in [0.25, 0.3) is 0 Å². The Morgan fingerprint density at radius 3 is 1.81 bits per heavy atom. The van der Waals surface area contributed by atoms with Crippen LogP contribution in [-0.4, -0.2) is 67.1 Å². The van der Waals surface area contributed by atoms with Crippen LogP contribution in [0.1, 0.15) is 52.4 Å². The number of carbonyl (C=O) groups is 1. The van der Waals surface area contributed by atoms with Gasteiger partial charge in [-0.3, -0.25) is 4.79 Å². The topological polar surface area (TPSA) is 60.9 Å². The van der Waals surface area contributed by atoms with Crippen LogP contribution in [0.15, 0.2) is 0 Å². The van der Waals surface area contributed by atoms with E-state index in [1.807, 2.05) is 18.7 Å². The third kappa shape index (κ3) is 3.00. The molecule has 1 amide bonds. The molecule has 0 unspecified atom stereocenters. The van der Waals surface area contributed by atoms with E-state index < -0.39 is 10.2 Å². The second-order valence-electron chi connectivity index (χ2n) is 8.98. The van der Waals surface area contributed by atoms with E-state index in [2.05, 4.69) is 0 Å². The molecule has 5 aliphatic rings. The minimum Gasteiger partial charge on any atom is -0.340 e. The molecule has 0 spiro atoms. The van der Waals surface area contributed by atoms with Gasteiger partial charge in [0.1, 0.15) is 0 Å². The van der Waals surface area contributed by atoms with E-state index in [0.717, 1.165) is 37.0 Å². The van der Waals surface area contributed by atoms with Crippen LogP contribution in [0.2, 0.25) is 0 Å². The predicted octanol–water partition coefficient (Wildman–Crippen LogP) is 1.93. The maximum absolute atomic E-state index is 13.4. The van der Waals surface area contributed by atoms with Gasteiger partial charge in [0.2, 0.25) is 5.91 Å². The fraction of sp³-hybridized carbons (Fsp3) is 0.947. The van der Waals surface area contributed by atoms with Gasteiger partial charge in [-0.05, 0) is 56.3 Å². The highest BCUT2D eigenvalue weighted by Gasteiger charge is 2.55. The highest BCUT2D eigenvalue weighted by molar-refractivity contribution is 7.86. The van der Waals surface area contributed by atoms with E-state index in [1.54, 1.807) is 4.31 Å². The Bertz CT molecular complexity index is 616. The molecule has 1 aliphatic heterocycles. The standard InChI is InChI=1S/C19H33N3O3S/c1-3-21(4-2)26(24,25)22-7-5-20(6-8-22)18(23)19-12-15-9-16(13-19)11-17(10-15)14-19/h15-17H,3-14H2,1-2H3. The van der Waals surface area contributed by atoms with Crippen molar-refractivity contribution in [3.8, 4) is 0 Å². The molecule has 0 aromatic heterocycles. The van der Waals surface area contributed by atoms with Crippen LogP contribution in [0.4, 0.5) is 0 Å². The minimum absolute atomic E-state index is 0.116. The van der Waals surface area contributed by atoms with E-state index in [-0.39, 0.29) is 5.41 Å². The van der Waals surface area contributed by atoms with Crippen molar-refractivity contribution in [1.29, 1.82) is 0 Å². The molecule has 5 rings (SSSR count). The van der Waals surface area contributed by atoms with Gasteiger partial charge in [-0.25, -0.2) is 0 Å². The summed E-state index contributed by atoms with van der Waals surface area (Å²) in [6.45, 7) is 6.66. The Morgan fingerprint density at radius 2 is 1.38 bits per heavy atom. The molecule has 0 N–H and O–H groups in total. The van der Waals surface area contributed by atoms with Crippen molar-refractivity contribution in [2.24, 2.45) is 23.2 Å². The van der Waals surface area contributed by atoms with Crippen molar-refractivity contribution < 1.29 is 13.2 Å². The van der Waals surface area contributed by atoms with Crippen LogP contribution in [0.3, 0.4) is 0 Å². The normalized spacial score (nSPS) is 37.5. The average molecular weight is 384 g/mol. The molecule has 4 saturated carbocycles. The first kappa shape index (κ1) is 18.7. The molecular formula is C19H33N3O3S. The van der Waals surface area contributed by atoms with Crippen LogP contribution in [0.5, 0.6) is 0 Å². The summed E-state index contributed by atoms with van der Waals surface area (Å²) in [4.78, 5) is 15.4. The van der Waals surface area contributed by atoms with E-state index in [0.29, 0.717) is 45.2 Å². The Labute approximate surface area is 158 Å². The first-order valence-corrected chi connectivity index (χ1v) is 11.8. The molecule has 148 valence electrons. The van der Waals surface area contributed by atoms with Crippen molar-refractivity contribution in [1.82, 2.24) is 13.5 Å². The van der Waals surface area contributed by atoms with Gasteiger partial charge in [-0.1, -0.05) is 13.8 Å². The fourth-order valence-electron chi connectivity index (χ4n) is 6.54. The second-order valence-corrected chi connectivity index (χ2v) is 10.9. The maximum atomic E-state index is 13.4. The van der Waals surface area contributed by atoms with Crippen molar-refractivity contribution in [3.05, 3.63) is 0 Å². The molecule has 0 atom stereocenters. The van der Waals surface area contributed by atoms with Gasteiger partial charge < -0.3 is 4.90 Å². The first-order chi connectivity index (χ1) is 12.4. The summed E-state index contributed by atoms with van der Waals surface area (Å²) in [5.41, 5.74) is -0.116. The lowest BCUT2D eigenvalue weighted by Gasteiger charge is -2.57. The van der Waals surface area contributed by atoms with E-state index in [4.69, 9.17) is 0 Å². The molecule has 0 radical (unpaired) electrons. The zero-order valence-corrected chi connectivity index (χ0v) is 17.0. The SMILES string of the molecule is CCN(CC)S(=O)(=O)N1CCN(C(=O)C23CC4CC(CC(C4)C2)C3)CC1. The van der Waals surface area contributed by atoms with Crippen LogP contribution >= 0.6 is 0 Å². The van der Waals surface area contributed by atoms with E-state index in [1.165, 1.54) is 23.6 Å². The number of piperazine rings is 1. The molecule has 0 aromatic rings. The number of hydrogen-bond acceptors (Lipinski definition) is 3. The molecule has 4 bridgehead atoms. The Kier molecular flexibility index (Phi) is 4.85. The molecule has 1 heterocycles. The third-order valence-corrected chi connectivity index (χ3v) is 9.56. The van der Waals surface area contributed by atoms with Crippen molar-refractivity contribution >= 4 is 16.1 Å². The molecule has 5 fully saturated rings. The predicted molar refractivity (Wildman–Crippen MR) is 101 cm³/mol. The number of amides is 1. The number of nitrogens with zero attached hydrogens (tertiary/aromatic N) is 3. The second kappa shape index (κ2) is 6.74. The molecule has 1 saturated heterocycles. The average Bonchev–Trinajstić information content (AvgIpc) is 2.61. The van der Waals surface area contributed by atoms with Gasteiger partial charge in [0.15, 0.2) is 0 Å². The van der Waals surface area contributed by atoms with Crippen molar-refractivity contribution in [2.45, 2.75) is 52.4 Å². The first-order valence-electron chi connectivity index (χ1n) is 10.4. The Hall–Kier alpha value is -0.660. The third-order valence-electron chi connectivity index (χ3n) is 7.38. The number of hydrogen-bond donors (Lipinski definition) is 0. The van der Waals surface area contributed by atoms with E-state index >= 15 is 0 Å². The summed E-state index contributed by atoms with van der Waals surface area (Å²) >= 11 is 0. The zero-order chi connectivity index (χ0) is 18.5. The van der Waals surface area contributed by atoms with Gasteiger partial charge >= 0.3 is 0 Å². The minimum atomic E-state index is -3.39. The smallest absolute Gasteiger partial charge is 0.282 e. The van der Waals surface area contributed by atoms with Gasteiger partial charge in [0.05, 0.1) is 5.41 Å². The lowest BCUT2D eigenvalue weighted by Crippen LogP contribution is -2.59. The number of rotatable bonds is 5. The van der Waals surface area contributed by atoms with Gasteiger partial charge in [0.25, 0.3) is 10.2 Å². The summed E-state index contributed by atoms with van der Waals surface area (Å²) in [5, 5.41) is 0.